The van der Waals surface area contributed by atoms with Crippen LogP contribution in [0.25, 0.3) is 0 Å². The molecule has 0 spiro atoms. The van der Waals surface area contributed by atoms with Gasteiger partial charge in [-0.3, -0.25) is 4.79 Å². The molecule has 3 nitrogen and oxygen atoms in total. The van der Waals surface area contributed by atoms with E-state index in [2.05, 4.69) is 19.1 Å². The van der Waals surface area contributed by atoms with Crippen LogP contribution < -0.4 is 0 Å². The van der Waals surface area contributed by atoms with E-state index >= 15 is 0 Å². The maximum atomic E-state index is 10.4. The zero-order chi connectivity index (χ0) is 20.7. The van der Waals surface area contributed by atoms with E-state index in [4.69, 9.17) is 5.11 Å². The zero-order valence-corrected chi connectivity index (χ0v) is 18.7. The molecular formula is C25H48O3. The summed E-state index contributed by atoms with van der Waals surface area (Å²) in [5.74, 6) is -0.664. The Morgan fingerprint density at radius 1 is 0.679 bits per heavy atom. The van der Waals surface area contributed by atoms with Gasteiger partial charge in [-0.25, -0.2) is 0 Å². The van der Waals surface area contributed by atoms with Gasteiger partial charge < -0.3 is 10.2 Å². The minimum atomic E-state index is -0.664. The molecule has 166 valence electrons. The van der Waals surface area contributed by atoms with Gasteiger partial charge in [-0.05, 0) is 32.1 Å². The van der Waals surface area contributed by atoms with Crippen molar-refractivity contribution in [3.8, 4) is 0 Å². The molecule has 0 aliphatic carbocycles. The summed E-state index contributed by atoms with van der Waals surface area (Å²) in [6.45, 7) is 2.19. The predicted molar refractivity (Wildman–Crippen MR) is 121 cm³/mol. The van der Waals surface area contributed by atoms with Gasteiger partial charge in [0.15, 0.2) is 0 Å². The van der Waals surface area contributed by atoms with Crippen LogP contribution in [-0.4, -0.2) is 22.3 Å². The first-order chi connectivity index (χ1) is 13.7. The van der Waals surface area contributed by atoms with Gasteiger partial charge in [-0.15, -0.1) is 0 Å². The minimum absolute atomic E-state index is 0.108. The van der Waals surface area contributed by atoms with Crippen LogP contribution in [0, 0.1) is 0 Å². The quantitative estimate of drug-likeness (QED) is 0.145. The third-order valence-corrected chi connectivity index (χ3v) is 5.47. The lowest BCUT2D eigenvalue weighted by Crippen LogP contribution is -2.05. The highest BCUT2D eigenvalue weighted by molar-refractivity contribution is 5.66. The van der Waals surface area contributed by atoms with Crippen molar-refractivity contribution >= 4 is 5.97 Å². The van der Waals surface area contributed by atoms with Gasteiger partial charge in [-0.1, -0.05) is 109 Å². The minimum Gasteiger partial charge on any atom is -0.481 e. The molecule has 0 aliphatic rings. The largest absolute Gasteiger partial charge is 0.481 e. The molecular weight excluding hydrogens is 348 g/mol. The number of aliphatic hydroxyl groups is 1. The smallest absolute Gasteiger partial charge is 0.303 e. The summed E-state index contributed by atoms with van der Waals surface area (Å²) in [7, 11) is 0. The molecule has 0 rings (SSSR count). The molecule has 0 radical (unpaired) electrons. The maximum Gasteiger partial charge on any atom is 0.303 e. The number of aliphatic carboxylic acids is 1. The zero-order valence-electron chi connectivity index (χ0n) is 18.7. The second-order valence-electron chi connectivity index (χ2n) is 8.37. The van der Waals surface area contributed by atoms with Gasteiger partial charge in [0.2, 0.25) is 0 Å². The van der Waals surface area contributed by atoms with Gasteiger partial charge >= 0.3 is 5.97 Å². The lowest BCUT2D eigenvalue weighted by atomic mass is 10.0. The van der Waals surface area contributed by atoms with Gasteiger partial charge in [-0.2, -0.15) is 0 Å². The highest BCUT2D eigenvalue weighted by Crippen LogP contribution is 2.15. The number of hydrogen-bond donors (Lipinski definition) is 2. The summed E-state index contributed by atoms with van der Waals surface area (Å²) >= 11 is 0. The second-order valence-corrected chi connectivity index (χ2v) is 8.37. The van der Waals surface area contributed by atoms with Gasteiger partial charge in [0.25, 0.3) is 0 Å². The number of rotatable bonds is 22. The number of aliphatic hydroxyl groups excluding tert-OH is 1. The van der Waals surface area contributed by atoms with E-state index in [1.54, 1.807) is 0 Å². The molecule has 0 aromatic carbocycles. The Labute approximate surface area is 175 Å². The Balaban J connectivity index is 3.14. The number of carbonyl (C=O) groups is 1. The van der Waals surface area contributed by atoms with Crippen LogP contribution in [0.5, 0.6) is 0 Å². The predicted octanol–water partition coefficient (Wildman–Crippen LogP) is 7.81. The van der Waals surface area contributed by atoms with E-state index in [9.17, 15) is 9.90 Å². The van der Waals surface area contributed by atoms with Crippen molar-refractivity contribution in [2.45, 2.75) is 141 Å². The molecule has 0 heterocycles. The van der Waals surface area contributed by atoms with Crippen molar-refractivity contribution in [3.63, 3.8) is 0 Å². The second kappa shape index (κ2) is 22.5. The summed E-state index contributed by atoms with van der Waals surface area (Å²) in [5, 5.41) is 18.6. The Morgan fingerprint density at radius 3 is 1.57 bits per heavy atom. The number of allylic oxidation sites excluding steroid dienone is 2. The van der Waals surface area contributed by atoms with E-state index in [0.29, 0.717) is 6.42 Å². The van der Waals surface area contributed by atoms with Crippen molar-refractivity contribution in [1.29, 1.82) is 0 Å². The molecule has 2 N–H and O–H groups in total. The molecule has 0 amide bonds. The van der Waals surface area contributed by atoms with E-state index in [1.807, 2.05) is 0 Å². The van der Waals surface area contributed by atoms with E-state index in [0.717, 1.165) is 38.5 Å². The molecule has 0 aromatic heterocycles. The van der Waals surface area contributed by atoms with E-state index < -0.39 is 5.97 Å². The molecule has 0 saturated carbocycles. The van der Waals surface area contributed by atoms with Crippen molar-refractivity contribution < 1.29 is 15.0 Å². The molecule has 0 unspecified atom stereocenters. The van der Waals surface area contributed by atoms with E-state index in [1.165, 1.54) is 83.5 Å². The number of carboxylic acid groups (broad SMARTS) is 1. The molecule has 3 heteroatoms. The lowest BCUT2D eigenvalue weighted by Gasteiger charge is -2.08. The third-order valence-electron chi connectivity index (χ3n) is 5.47. The Morgan fingerprint density at radius 2 is 1.11 bits per heavy atom. The monoisotopic (exact) mass is 396 g/mol. The Hall–Kier alpha value is -0.830. The first-order valence-corrected chi connectivity index (χ1v) is 12.2. The van der Waals surface area contributed by atoms with Gasteiger partial charge in [0, 0.05) is 6.42 Å². The molecule has 0 bridgehead atoms. The van der Waals surface area contributed by atoms with Crippen molar-refractivity contribution in [2.24, 2.45) is 0 Å². The van der Waals surface area contributed by atoms with Crippen LogP contribution in [-0.2, 0) is 4.79 Å². The molecule has 0 aliphatic heterocycles. The molecule has 0 fully saturated rings. The number of hydrogen-bond acceptors (Lipinski definition) is 2. The fourth-order valence-corrected chi connectivity index (χ4v) is 3.61. The van der Waals surface area contributed by atoms with Crippen LogP contribution >= 0.6 is 0 Å². The van der Waals surface area contributed by atoms with Gasteiger partial charge in [0.05, 0.1) is 6.10 Å². The van der Waals surface area contributed by atoms with Crippen molar-refractivity contribution in [1.82, 2.24) is 0 Å². The Kier molecular flexibility index (Phi) is 21.8. The lowest BCUT2D eigenvalue weighted by molar-refractivity contribution is -0.137. The standard InChI is InChI=1S/C25H48O3/c1-2-3-4-15-18-21-24(26)22-19-16-13-11-9-7-5-6-8-10-12-14-17-20-23-25(27)28/h4,15,24,26H,2-3,5-14,16-23H2,1H3,(H,27,28)/t24-/m0/s1. The average molecular weight is 397 g/mol. The van der Waals surface area contributed by atoms with Crippen LogP contribution in [0.4, 0.5) is 0 Å². The summed E-state index contributed by atoms with van der Waals surface area (Å²) in [6.07, 6.45) is 27.5. The first-order valence-electron chi connectivity index (χ1n) is 12.2. The molecule has 0 aromatic rings. The fraction of sp³-hybridized carbons (Fsp3) is 0.880. The Bertz CT molecular complexity index is 352. The van der Waals surface area contributed by atoms with Crippen LogP contribution in [0.15, 0.2) is 12.2 Å². The summed E-state index contributed by atoms with van der Waals surface area (Å²) < 4.78 is 0. The van der Waals surface area contributed by atoms with Crippen LogP contribution in [0.2, 0.25) is 0 Å². The van der Waals surface area contributed by atoms with Crippen LogP contribution in [0.3, 0.4) is 0 Å². The third kappa shape index (κ3) is 23.2. The average Bonchev–Trinajstić information content (AvgIpc) is 2.67. The SMILES string of the molecule is CCCC=CCC[C@H](O)CCCCCCCCCCCCCCCCC(=O)O. The highest BCUT2D eigenvalue weighted by atomic mass is 16.4. The summed E-state index contributed by atoms with van der Waals surface area (Å²) in [5.41, 5.74) is 0. The topological polar surface area (TPSA) is 57.5 Å². The maximum absolute atomic E-state index is 10.4. The normalized spacial score (nSPS) is 12.6. The van der Waals surface area contributed by atoms with Gasteiger partial charge in [0.1, 0.15) is 0 Å². The molecule has 0 saturated heterocycles. The van der Waals surface area contributed by atoms with Crippen LogP contribution in [0.1, 0.15) is 135 Å². The molecule has 1 atom stereocenters. The summed E-state index contributed by atoms with van der Waals surface area (Å²) in [4.78, 5) is 10.4. The fourth-order valence-electron chi connectivity index (χ4n) is 3.61. The van der Waals surface area contributed by atoms with E-state index in [-0.39, 0.29) is 6.10 Å². The summed E-state index contributed by atoms with van der Waals surface area (Å²) in [6, 6.07) is 0. The number of unbranched alkanes of at least 4 members (excludes halogenated alkanes) is 14. The van der Waals surface area contributed by atoms with Crippen molar-refractivity contribution in [3.05, 3.63) is 12.2 Å². The van der Waals surface area contributed by atoms with Crippen molar-refractivity contribution in [2.75, 3.05) is 0 Å². The molecule has 28 heavy (non-hydrogen) atoms. The number of carboxylic acids is 1. The highest BCUT2D eigenvalue weighted by Gasteiger charge is 2.02. The first kappa shape index (κ1) is 27.2.